The summed E-state index contributed by atoms with van der Waals surface area (Å²) < 4.78 is 41.6. The van der Waals surface area contributed by atoms with Gasteiger partial charge in [-0.05, 0) is 46.0 Å². The van der Waals surface area contributed by atoms with E-state index in [0.29, 0.717) is 18.1 Å². The Morgan fingerprint density at radius 1 is 0.800 bits per heavy atom. The highest BCUT2D eigenvalue weighted by atomic mass is 19.2. The summed E-state index contributed by atoms with van der Waals surface area (Å²) in [4.78, 5) is 11.6. The van der Waals surface area contributed by atoms with Crippen molar-refractivity contribution >= 4 is 21.5 Å². The zero-order valence-electron chi connectivity index (χ0n) is 15.7. The van der Waals surface area contributed by atoms with Gasteiger partial charge in [0.25, 0.3) is 0 Å². The van der Waals surface area contributed by atoms with Gasteiger partial charge in [0, 0.05) is 22.1 Å². The second-order valence-corrected chi connectivity index (χ2v) is 7.68. The lowest BCUT2D eigenvalue weighted by atomic mass is 9.74. The first-order valence-electron chi connectivity index (χ1n) is 9.67. The summed E-state index contributed by atoms with van der Waals surface area (Å²) in [6.45, 7) is 0. The number of halogens is 3. The first-order chi connectivity index (χ1) is 14.5. The van der Waals surface area contributed by atoms with Crippen molar-refractivity contribution in [3.8, 4) is 0 Å². The van der Waals surface area contributed by atoms with Gasteiger partial charge in [0.15, 0.2) is 11.6 Å². The molecule has 0 saturated heterocycles. The van der Waals surface area contributed by atoms with E-state index in [9.17, 15) is 23.3 Å². The third kappa shape index (κ3) is 2.75. The average Bonchev–Trinajstić information content (AvgIpc) is 2.74. The summed E-state index contributed by atoms with van der Waals surface area (Å²) in [5.41, 5.74) is 1.21. The van der Waals surface area contributed by atoms with Crippen molar-refractivity contribution in [1.82, 2.24) is 0 Å². The van der Waals surface area contributed by atoms with Gasteiger partial charge in [0.2, 0.25) is 6.04 Å². The molecule has 4 aromatic rings. The predicted octanol–water partition coefficient (Wildman–Crippen LogP) is 6.46. The molecule has 0 bridgehead atoms. The SMILES string of the molecule is O=[N+]([O-])C1c2ccc3c(ccc4ccccc43)c2CCC1c1cc(F)c(F)cc1F. The summed E-state index contributed by atoms with van der Waals surface area (Å²) in [6.07, 6.45) is 0.755. The fraction of sp³-hybridized carbons (Fsp3) is 0.167. The normalized spacial score (nSPS) is 18.5. The molecule has 0 saturated carbocycles. The highest BCUT2D eigenvalue weighted by Gasteiger charge is 2.41. The molecule has 0 aliphatic heterocycles. The van der Waals surface area contributed by atoms with Gasteiger partial charge in [-0.3, -0.25) is 10.1 Å². The van der Waals surface area contributed by atoms with E-state index >= 15 is 0 Å². The highest BCUT2D eigenvalue weighted by Crippen LogP contribution is 2.46. The van der Waals surface area contributed by atoms with Gasteiger partial charge in [-0.25, -0.2) is 13.2 Å². The molecule has 0 radical (unpaired) electrons. The lowest BCUT2D eigenvalue weighted by Gasteiger charge is -2.29. The summed E-state index contributed by atoms with van der Waals surface area (Å²) >= 11 is 0. The van der Waals surface area contributed by atoms with Crippen LogP contribution in [0.15, 0.2) is 60.7 Å². The highest BCUT2D eigenvalue weighted by molar-refractivity contribution is 6.08. The first kappa shape index (κ1) is 18.6. The van der Waals surface area contributed by atoms with Gasteiger partial charge in [-0.1, -0.05) is 48.5 Å². The predicted molar refractivity (Wildman–Crippen MR) is 109 cm³/mol. The molecule has 0 fully saturated rings. The molecule has 6 heteroatoms. The van der Waals surface area contributed by atoms with Crippen LogP contribution in [0, 0.1) is 27.6 Å². The summed E-state index contributed by atoms with van der Waals surface area (Å²) in [5.74, 6) is -4.34. The van der Waals surface area contributed by atoms with E-state index in [1.54, 1.807) is 6.07 Å². The van der Waals surface area contributed by atoms with Crippen molar-refractivity contribution in [2.24, 2.45) is 0 Å². The van der Waals surface area contributed by atoms with E-state index in [1.807, 2.05) is 42.5 Å². The third-order valence-corrected chi connectivity index (χ3v) is 6.15. The number of fused-ring (bicyclic) bond motifs is 5. The quantitative estimate of drug-likeness (QED) is 0.166. The molecule has 0 amide bonds. The van der Waals surface area contributed by atoms with E-state index < -0.39 is 34.3 Å². The van der Waals surface area contributed by atoms with Crippen LogP contribution >= 0.6 is 0 Å². The largest absolute Gasteiger partial charge is 0.264 e. The lowest BCUT2D eigenvalue weighted by molar-refractivity contribution is -0.534. The van der Waals surface area contributed by atoms with Gasteiger partial charge in [-0.15, -0.1) is 0 Å². The Morgan fingerprint density at radius 2 is 1.53 bits per heavy atom. The molecule has 1 aliphatic rings. The minimum Gasteiger partial charge on any atom is -0.264 e. The molecular weight excluding hydrogens is 391 g/mol. The molecule has 0 N–H and O–H groups in total. The Balaban J connectivity index is 1.71. The second kappa shape index (κ2) is 6.83. The minimum atomic E-state index is -1.30. The number of benzene rings is 4. The molecule has 0 spiro atoms. The average molecular weight is 407 g/mol. The Kier molecular flexibility index (Phi) is 4.24. The fourth-order valence-corrected chi connectivity index (χ4v) is 4.81. The van der Waals surface area contributed by atoms with E-state index in [-0.39, 0.29) is 12.0 Å². The maximum absolute atomic E-state index is 14.4. The number of aryl methyl sites for hydroxylation is 1. The standard InChI is InChI=1S/C24H16F3NO2/c25-21-12-23(27)22(26)11-20(21)19-10-8-17-16-6-5-13-3-1-2-4-14(13)15(16)7-9-18(17)24(19)28(29)30/h1-7,9,11-12,19,24H,8,10H2. The maximum Gasteiger partial charge on any atom is 0.245 e. The maximum atomic E-state index is 14.4. The molecule has 30 heavy (non-hydrogen) atoms. The second-order valence-electron chi connectivity index (χ2n) is 7.68. The van der Waals surface area contributed by atoms with Gasteiger partial charge in [-0.2, -0.15) is 0 Å². The van der Waals surface area contributed by atoms with Crippen LogP contribution in [0.4, 0.5) is 13.2 Å². The van der Waals surface area contributed by atoms with E-state index in [4.69, 9.17) is 0 Å². The van der Waals surface area contributed by atoms with E-state index in [1.165, 1.54) is 0 Å². The minimum absolute atomic E-state index is 0.153. The van der Waals surface area contributed by atoms with Crippen LogP contribution in [0.3, 0.4) is 0 Å². The molecule has 4 aromatic carbocycles. The summed E-state index contributed by atoms with van der Waals surface area (Å²) in [6, 6.07) is 15.4. The lowest BCUT2D eigenvalue weighted by Crippen LogP contribution is -2.26. The van der Waals surface area contributed by atoms with Crippen molar-refractivity contribution in [3.05, 3.63) is 105 Å². The van der Waals surface area contributed by atoms with Crippen molar-refractivity contribution in [2.45, 2.75) is 24.8 Å². The van der Waals surface area contributed by atoms with Crippen LogP contribution < -0.4 is 0 Å². The van der Waals surface area contributed by atoms with E-state index in [0.717, 1.165) is 33.2 Å². The summed E-state index contributed by atoms with van der Waals surface area (Å²) in [5, 5.41) is 16.1. The number of nitro groups is 1. The van der Waals surface area contributed by atoms with Gasteiger partial charge < -0.3 is 0 Å². The molecule has 0 aromatic heterocycles. The van der Waals surface area contributed by atoms with Gasteiger partial charge in [0.05, 0.1) is 5.92 Å². The van der Waals surface area contributed by atoms with Crippen molar-refractivity contribution in [2.75, 3.05) is 0 Å². The van der Waals surface area contributed by atoms with Crippen LogP contribution in [0.1, 0.15) is 35.1 Å². The molecule has 5 rings (SSSR count). The first-order valence-corrected chi connectivity index (χ1v) is 9.67. The Bertz CT molecular complexity index is 1340. The molecule has 0 heterocycles. The topological polar surface area (TPSA) is 43.1 Å². The van der Waals surface area contributed by atoms with Gasteiger partial charge >= 0.3 is 0 Å². The Morgan fingerprint density at radius 3 is 2.33 bits per heavy atom. The molecule has 3 nitrogen and oxygen atoms in total. The number of nitrogens with zero attached hydrogens (tertiary/aromatic N) is 1. The number of hydrogen-bond acceptors (Lipinski definition) is 2. The van der Waals surface area contributed by atoms with E-state index in [2.05, 4.69) is 0 Å². The van der Waals surface area contributed by atoms with Crippen LogP contribution in [0.25, 0.3) is 21.5 Å². The molecular formula is C24H16F3NO2. The molecule has 2 atom stereocenters. The molecule has 150 valence electrons. The number of hydrogen-bond donors (Lipinski definition) is 0. The summed E-state index contributed by atoms with van der Waals surface area (Å²) in [7, 11) is 0. The third-order valence-electron chi connectivity index (χ3n) is 6.15. The van der Waals surface area contributed by atoms with Crippen LogP contribution in [0.2, 0.25) is 0 Å². The zero-order valence-corrected chi connectivity index (χ0v) is 15.7. The van der Waals surface area contributed by atoms with Gasteiger partial charge in [0.1, 0.15) is 5.82 Å². The van der Waals surface area contributed by atoms with Crippen molar-refractivity contribution in [3.63, 3.8) is 0 Å². The van der Waals surface area contributed by atoms with Crippen LogP contribution in [0.5, 0.6) is 0 Å². The smallest absolute Gasteiger partial charge is 0.245 e. The van der Waals surface area contributed by atoms with Crippen molar-refractivity contribution in [1.29, 1.82) is 0 Å². The monoisotopic (exact) mass is 407 g/mol. The molecule has 2 unspecified atom stereocenters. The fourth-order valence-electron chi connectivity index (χ4n) is 4.81. The molecule has 1 aliphatic carbocycles. The number of rotatable bonds is 2. The van der Waals surface area contributed by atoms with Crippen molar-refractivity contribution < 1.29 is 18.1 Å². The Hall–Kier alpha value is -3.41. The Labute approximate surface area is 169 Å². The van der Waals surface area contributed by atoms with Crippen LogP contribution in [-0.2, 0) is 6.42 Å². The zero-order chi connectivity index (χ0) is 21.0. The van der Waals surface area contributed by atoms with Crippen LogP contribution in [-0.4, -0.2) is 4.92 Å².